The topological polar surface area (TPSA) is 61.9 Å². The molecule has 0 radical (unpaired) electrons. The van der Waals surface area contributed by atoms with Gasteiger partial charge in [0.15, 0.2) is 5.78 Å². The Bertz CT molecular complexity index is 1020. The van der Waals surface area contributed by atoms with Crippen molar-refractivity contribution in [3.05, 3.63) is 59.2 Å². The summed E-state index contributed by atoms with van der Waals surface area (Å²) in [4.78, 5) is 29.2. The molecule has 1 spiro atoms. The summed E-state index contributed by atoms with van der Waals surface area (Å²) in [5.74, 6) is -0.492. The molecule has 4 rings (SSSR count). The number of carbonyl (C=O) groups is 2. The smallest absolute Gasteiger partial charge is 0.317 e. The van der Waals surface area contributed by atoms with Crippen LogP contribution < -0.4 is 15.0 Å². The number of carbonyl (C=O) groups excluding carboxylic acids is 2. The molecule has 0 aromatic heterocycles. The minimum absolute atomic E-state index is 0.0612. The van der Waals surface area contributed by atoms with Crippen LogP contribution in [0.15, 0.2) is 36.4 Å². The average molecular weight is 429 g/mol. The third kappa shape index (κ3) is 3.94. The second kappa shape index (κ2) is 8.17. The number of nitrogens with one attached hydrogen (secondary N) is 1. The first kappa shape index (κ1) is 21.1. The molecule has 2 heterocycles. The van der Waals surface area contributed by atoms with Crippen LogP contribution >= 0.6 is 0 Å². The van der Waals surface area contributed by atoms with Crippen molar-refractivity contribution in [3.8, 4) is 5.75 Å². The van der Waals surface area contributed by atoms with Crippen molar-refractivity contribution >= 4 is 17.5 Å². The highest BCUT2D eigenvalue weighted by Crippen LogP contribution is 2.42. The number of anilines is 1. The fraction of sp³-hybridized carbons (Fsp3) is 0.391. The number of fused-ring (bicyclic) bond motifs is 1. The quantitative estimate of drug-likeness (QED) is 0.808. The Hall–Kier alpha value is -3.16. The van der Waals surface area contributed by atoms with Crippen molar-refractivity contribution < 1.29 is 23.1 Å². The zero-order valence-corrected chi connectivity index (χ0v) is 17.6. The van der Waals surface area contributed by atoms with E-state index < -0.39 is 11.6 Å². The van der Waals surface area contributed by atoms with Crippen LogP contribution in [0.3, 0.4) is 0 Å². The second-order valence-corrected chi connectivity index (χ2v) is 8.15. The molecule has 164 valence electrons. The molecule has 1 fully saturated rings. The highest BCUT2D eigenvalue weighted by Gasteiger charge is 2.45. The number of ketones is 1. The van der Waals surface area contributed by atoms with Crippen LogP contribution in [0, 0.1) is 11.6 Å². The molecule has 0 unspecified atom stereocenters. The van der Waals surface area contributed by atoms with E-state index in [0.717, 1.165) is 5.69 Å². The summed E-state index contributed by atoms with van der Waals surface area (Å²) in [6, 6.07) is 8.30. The second-order valence-electron chi connectivity index (χ2n) is 8.15. The zero-order valence-electron chi connectivity index (χ0n) is 17.6. The molecule has 31 heavy (non-hydrogen) atoms. The molecule has 0 aliphatic carbocycles. The molecule has 2 aromatic carbocycles. The molecule has 2 aliphatic rings. The number of likely N-dealkylation sites (tertiary alicyclic amines) is 1. The van der Waals surface area contributed by atoms with Crippen molar-refractivity contribution in [3.63, 3.8) is 0 Å². The molecule has 0 saturated carbocycles. The standard InChI is InChI=1S/C23H25F2N3O3/c1-27-19-6-5-16(24)11-18(19)20(29)13-23(27)7-9-28(10-8-23)22(30)26-14-15-3-4-17(25)12-21(15)31-2/h3-6,11-12H,7-10,13-14H2,1-2H3,(H,26,30). The van der Waals surface area contributed by atoms with Gasteiger partial charge in [-0.2, -0.15) is 0 Å². The molecule has 1 N–H and O–H groups in total. The van der Waals surface area contributed by atoms with Gasteiger partial charge in [-0.05, 0) is 37.1 Å². The summed E-state index contributed by atoms with van der Waals surface area (Å²) in [5.41, 5.74) is 1.46. The van der Waals surface area contributed by atoms with E-state index in [9.17, 15) is 18.4 Å². The number of rotatable bonds is 3. The molecule has 2 aromatic rings. The zero-order chi connectivity index (χ0) is 22.2. The van der Waals surface area contributed by atoms with E-state index in [0.29, 0.717) is 49.2 Å². The average Bonchev–Trinajstić information content (AvgIpc) is 2.77. The predicted molar refractivity (Wildman–Crippen MR) is 112 cm³/mol. The SMILES string of the molecule is COc1cc(F)ccc1CNC(=O)N1CCC2(CC1)CC(=O)c1cc(F)ccc1N2C. The molecule has 2 aliphatic heterocycles. The molecule has 1 saturated heterocycles. The van der Waals surface area contributed by atoms with E-state index >= 15 is 0 Å². The first-order valence-corrected chi connectivity index (χ1v) is 10.2. The van der Waals surface area contributed by atoms with E-state index in [-0.39, 0.29) is 23.9 Å². The number of hydrogen-bond donors (Lipinski definition) is 1. The lowest BCUT2D eigenvalue weighted by Crippen LogP contribution is -2.59. The number of nitrogens with zero attached hydrogens (tertiary/aromatic N) is 2. The lowest BCUT2D eigenvalue weighted by atomic mass is 9.77. The number of amides is 2. The van der Waals surface area contributed by atoms with E-state index in [1.165, 1.54) is 31.4 Å². The van der Waals surface area contributed by atoms with Gasteiger partial charge in [-0.15, -0.1) is 0 Å². The van der Waals surface area contributed by atoms with Gasteiger partial charge in [0.05, 0.1) is 12.6 Å². The maximum atomic E-state index is 13.6. The monoisotopic (exact) mass is 429 g/mol. The molecular weight excluding hydrogens is 404 g/mol. The molecule has 6 nitrogen and oxygen atoms in total. The summed E-state index contributed by atoms with van der Waals surface area (Å²) in [5, 5.41) is 2.86. The molecule has 0 atom stereocenters. The Morgan fingerprint density at radius 3 is 2.52 bits per heavy atom. The van der Waals surface area contributed by atoms with Crippen LogP contribution in [-0.2, 0) is 6.54 Å². The van der Waals surface area contributed by atoms with Crippen LogP contribution in [-0.4, -0.2) is 49.5 Å². The third-order valence-corrected chi connectivity index (χ3v) is 6.48. The first-order valence-electron chi connectivity index (χ1n) is 10.2. The largest absolute Gasteiger partial charge is 0.496 e. The molecule has 8 heteroatoms. The van der Waals surface area contributed by atoms with Crippen molar-refractivity contribution in [2.24, 2.45) is 0 Å². The summed E-state index contributed by atoms with van der Waals surface area (Å²) in [6.07, 6.45) is 1.58. The minimum atomic E-state index is -0.416. The third-order valence-electron chi connectivity index (χ3n) is 6.48. The maximum absolute atomic E-state index is 13.6. The van der Waals surface area contributed by atoms with Crippen LogP contribution in [0.25, 0.3) is 0 Å². The van der Waals surface area contributed by atoms with Crippen molar-refractivity contribution in [1.29, 1.82) is 0 Å². The number of hydrogen-bond acceptors (Lipinski definition) is 4. The number of Topliss-reactive ketones (excluding diaryl/α,β-unsaturated/α-hetero) is 1. The Labute approximate surface area is 179 Å². The van der Waals surface area contributed by atoms with E-state index in [1.54, 1.807) is 17.0 Å². The van der Waals surface area contributed by atoms with Crippen molar-refractivity contribution in [1.82, 2.24) is 10.2 Å². The number of urea groups is 1. The van der Waals surface area contributed by atoms with Gasteiger partial charge in [0, 0.05) is 56.0 Å². The number of benzene rings is 2. The number of ether oxygens (including phenoxy) is 1. The van der Waals surface area contributed by atoms with E-state index in [4.69, 9.17) is 4.74 Å². The predicted octanol–water partition coefficient (Wildman–Crippen LogP) is 3.74. The van der Waals surface area contributed by atoms with E-state index in [2.05, 4.69) is 10.2 Å². The molecular formula is C23H25F2N3O3. The Kier molecular flexibility index (Phi) is 5.56. The van der Waals surface area contributed by atoms with Crippen LogP contribution in [0.2, 0.25) is 0 Å². The fourth-order valence-corrected chi connectivity index (χ4v) is 4.58. The maximum Gasteiger partial charge on any atom is 0.317 e. The number of piperidine rings is 1. The highest BCUT2D eigenvalue weighted by molar-refractivity contribution is 6.04. The van der Waals surface area contributed by atoms with E-state index in [1.807, 2.05) is 7.05 Å². The molecule has 0 bridgehead atoms. The van der Waals surface area contributed by atoms with Crippen molar-refractivity contribution in [2.75, 3.05) is 32.1 Å². The summed E-state index contributed by atoms with van der Waals surface area (Å²) in [6.45, 7) is 1.22. The lowest BCUT2D eigenvalue weighted by molar-refractivity contribution is 0.0890. The lowest BCUT2D eigenvalue weighted by Gasteiger charge is -2.50. The van der Waals surface area contributed by atoms with Gasteiger partial charge >= 0.3 is 6.03 Å². The summed E-state index contributed by atoms with van der Waals surface area (Å²) in [7, 11) is 3.39. The van der Waals surface area contributed by atoms with Crippen LogP contribution in [0.4, 0.5) is 19.3 Å². The minimum Gasteiger partial charge on any atom is -0.496 e. The van der Waals surface area contributed by atoms with Crippen LogP contribution in [0.5, 0.6) is 5.75 Å². The Morgan fingerprint density at radius 1 is 1.13 bits per heavy atom. The van der Waals surface area contributed by atoms with Gasteiger partial charge in [0.1, 0.15) is 17.4 Å². The summed E-state index contributed by atoms with van der Waals surface area (Å²) < 4.78 is 32.1. The van der Waals surface area contributed by atoms with Gasteiger partial charge in [0.2, 0.25) is 0 Å². The van der Waals surface area contributed by atoms with Gasteiger partial charge in [-0.3, -0.25) is 4.79 Å². The molecule has 2 amide bonds. The summed E-state index contributed by atoms with van der Waals surface area (Å²) >= 11 is 0. The fourth-order valence-electron chi connectivity index (χ4n) is 4.58. The van der Waals surface area contributed by atoms with Crippen molar-refractivity contribution in [2.45, 2.75) is 31.3 Å². The number of methoxy groups -OCH3 is 1. The Morgan fingerprint density at radius 2 is 1.81 bits per heavy atom. The van der Waals surface area contributed by atoms with Gasteiger partial charge in [0.25, 0.3) is 0 Å². The van der Waals surface area contributed by atoms with Gasteiger partial charge in [-0.25, -0.2) is 13.6 Å². The normalized spacial score (nSPS) is 17.5. The van der Waals surface area contributed by atoms with Gasteiger partial charge < -0.3 is 19.9 Å². The first-order chi connectivity index (χ1) is 14.8. The highest BCUT2D eigenvalue weighted by atomic mass is 19.1. The van der Waals surface area contributed by atoms with Gasteiger partial charge in [-0.1, -0.05) is 6.07 Å². The van der Waals surface area contributed by atoms with Crippen LogP contribution in [0.1, 0.15) is 35.2 Å². The number of halogens is 2. The Balaban J connectivity index is 1.40.